The second kappa shape index (κ2) is 7.56. The first-order valence-corrected chi connectivity index (χ1v) is 11.1. The average molecular weight is 401 g/mol. The van der Waals surface area contributed by atoms with Crippen molar-refractivity contribution in [3.05, 3.63) is 60.2 Å². The fourth-order valence-corrected chi connectivity index (χ4v) is 5.58. The van der Waals surface area contributed by atoms with Crippen LogP contribution in [0, 0.1) is 5.92 Å². The highest BCUT2D eigenvalue weighted by Gasteiger charge is 2.47. The number of rotatable bonds is 6. The summed E-state index contributed by atoms with van der Waals surface area (Å²) in [5.41, 5.74) is 0.636. The summed E-state index contributed by atoms with van der Waals surface area (Å²) in [4.78, 5) is 15.0. The number of carbonyl (C=O) groups excluding carboxylic acids is 1. The van der Waals surface area contributed by atoms with Crippen molar-refractivity contribution in [2.45, 2.75) is 36.7 Å². The van der Waals surface area contributed by atoms with E-state index in [-0.39, 0.29) is 28.8 Å². The molecule has 2 aromatic carbocycles. The van der Waals surface area contributed by atoms with Gasteiger partial charge in [-0.25, -0.2) is 13.1 Å². The van der Waals surface area contributed by atoms with Gasteiger partial charge >= 0.3 is 0 Å². The molecule has 7 heteroatoms. The Morgan fingerprint density at radius 3 is 2.43 bits per heavy atom. The molecule has 148 valence electrons. The molecule has 1 aliphatic carbocycles. The van der Waals surface area contributed by atoms with Crippen LogP contribution in [0.25, 0.3) is 0 Å². The summed E-state index contributed by atoms with van der Waals surface area (Å²) in [6, 6.07) is 15.6. The van der Waals surface area contributed by atoms with Crippen LogP contribution in [-0.2, 0) is 10.0 Å². The number of nitrogens with one attached hydrogen (secondary N) is 1. The lowest BCUT2D eigenvalue weighted by atomic mass is 10.0. The predicted molar refractivity (Wildman–Crippen MR) is 106 cm³/mol. The molecule has 2 aliphatic rings. The molecular formula is C21H24N2O4S. The van der Waals surface area contributed by atoms with Crippen LogP contribution in [0.15, 0.2) is 59.5 Å². The van der Waals surface area contributed by atoms with Crippen LogP contribution in [0.4, 0.5) is 0 Å². The summed E-state index contributed by atoms with van der Waals surface area (Å²) < 4.78 is 33.4. The Morgan fingerprint density at radius 2 is 1.82 bits per heavy atom. The van der Waals surface area contributed by atoms with Crippen LogP contribution in [0.5, 0.6) is 5.75 Å². The van der Waals surface area contributed by atoms with Crippen LogP contribution in [0.3, 0.4) is 0 Å². The zero-order valence-corrected chi connectivity index (χ0v) is 16.6. The van der Waals surface area contributed by atoms with E-state index >= 15 is 0 Å². The summed E-state index contributed by atoms with van der Waals surface area (Å²) >= 11 is 0. The molecule has 28 heavy (non-hydrogen) atoms. The van der Waals surface area contributed by atoms with E-state index in [0.29, 0.717) is 25.1 Å². The van der Waals surface area contributed by atoms with Crippen molar-refractivity contribution in [3.63, 3.8) is 0 Å². The van der Waals surface area contributed by atoms with Crippen molar-refractivity contribution in [3.8, 4) is 5.75 Å². The Labute approximate surface area is 165 Å². The first-order chi connectivity index (χ1) is 13.5. The van der Waals surface area contributed by atoms with Crippen LogP contribution in [-0.4, -0.2) is 44.5 Å². The molecule has 1 aliphatic heterocycles. The molecule has 1 saturated carbocycles. The molecule has 1 N–H and O–H groups in total. The SMILES string of the molecule is CCOc1ccc(C(=O)N2CC3CC2CC3NS(=O)(=O)c2ccccc2)cc1. The lowest BCUT2D eigenvalue weighted by molar-refractivity contribution is 0.0691. The normalized spacial score (nSPS) is 23.8. The third-order valence-electron chi connectivity index (χ3n) is 5.58. The van der Waals surface area contributed by atoms with Gasteiger partial charge < -0.3 is 9.64 Å². The first kappa shape index (κ1) is 19.0. The first-order valence-electron chi connectivity index (χ1n) is 9.59. The van der Waals surface area contributed by atoms with Crippen molar-refractivity contribution < 1.29 is 17.9 Å². The molecule has 1 heterocycles. The molecule has 3 unspecified atom stereocenters. The fraction of sp³-hybridized carbons (Fsp3) is 0.381. The number of benzene rings is 2. The predicted octanol–water partition coefficient (Wildman–Crippen LogP) is 2.67. The van der Waals surface area contributed by atoms with Gasteiger partial charge in [0.15, 0.2) is 0 Å². The van der Waals surface area contributed by atoms with Gasteiger partial charge in [-0.05, 0) is 62.1 Å². The summed E-state index contributed by atoms with van der Waals surface area (Å²) in [5.74, 6) is 0.896. The number of nitrogens with zero attached hydrogens (tertiary/aromatic N) is 1. The molecular weight excluding hydrogens is 376 g/mol. The number of piperidine rings is 1. The lowest BCUT2D eigenvalue weighted by Gasteiger charge is -2.32. The van der Waals surface area contributed by atoms with Crippen LogP contribution < -0.4 is 9.46 Å². The van der Waals surface area contributed by atoms with Gasteiger partial charge in [0.1, 0.15) is 5.75 Å². The van der Waals surface area contributed by atoms with Gasteiger partial charge in [0.05, 0.1) is 11.5 Å². The van der Waals surface area contributed by atoms with Gasteiger partial charge in [0.25, 0.3) is 5.91 Å². The highest BCUT2D eigenvalue weighted by atomic mass is 32.2. The maximum Gasteiger partial charge on any atom is 0.254 e. The highest BCUT2D eigenvalue weighted by Crippen LogP contribution is 2.39. The van der Waals surface area contributed by atoms with Gasteiger partial charge in [-0.2, -0.15) is 0 Å². The van der Waals surface area contributed by atoms with E-state index in [4.69, 9.17) is 4.74 Å². The van der Waals surface area contributed by atoms with Gasteiger partial charge in [-0.1, -0.05) is 18.2 Å². The molecule has 1 saturated heterocycles. The van der Waals surface area contributed by atoms with Crippen molar-refractivity contribution in [1.29, 1.82) is 0 Å². The number of fused-ring (bicyclic) bond motifs is 2. The largest absolute Gasteiger partial charge is 0.494 e. The van der Waals surface area contributed by atoms with Gasteiger partial charge in [-0.3, -0.25) is 4.79 Å². The number of hydrogen-bond donors (Lipinski definition) is 1. The van der Waals surface area contributed by atoms with E-state index in [1.54, 1.807) is 42.5 Å². The maximum atomic E-state index is 12.9. The molecule has 4 rings (SSSR count). The molecule has 3 atom stereocenters. The van der Waals surface area contributed by atoms with E-state index in [2.05, 4.69) is 4.72 Å². The number of carbonyl (C=O) groups is 1. The molecule has 0 radical (unpaired) electrons. The third kappa shape index (κ3) is 3.64. The van der Waals surface area contributed by atoms with E-state index in [1.807, 2.05) is 24.0 Å². The molecule has 2 fully saturated rings. The zero-order valence-electron chi connectivity index (χ0n) is 15.7. The molecule has 0 aromatic heterocycles. The van der Waals surface area contributed by atoms with Crippen LogP contribution in [0.2, 0.25) is 0 Å². The molecule has 2 aromatic rings. The van der Waals surface area contributed by atoms with Crippen molar-refractivity contribution >= 4 is 15.9 Å². The lowest BCUT2D eigenvalue weighted by Crippen LogP contribution is -2.47. The van der Waals surface area contributed by atoms with Gasteiger partial charge in [0, 0.05) is 24.2 Å². The van der Waals surface area contributed by atoms with E-state index in [9.17, 15) is 13.2 Å². The number of amides is 1. The minimum atomic E-state index is -3.53. The summed E-state index contributed by atoms with van der Waals surface area (Å²) in [6.45, 7) is 3.09. The summed E-state index contributed by atoms with van der Waals surface area (Å²) in [6.07, 6.45) is 1.49. The highest BCUT2D eigenvalue weighted by molar-refractivity contribution is 7.89. The number of ether oxygens (including phenoxy) is 1. The summed E-state index contributed by atoms with van der Waals surface area (Å²) in [7, 11) is -3.53. The number of sulfonamides is 1. The second-order valence-electron chi connectivity index (χ2n) is 7.34. The Kier molecular flexibility index (Phi) is 5.12. The minimum Gasteiger partial charge on any atom is -0.494 e. The van der Waals surface area contributed by atoms with E-state index in [0.717, 1.165) is 12.2 Å². The molecule has 1 amide bonds. The molecule has 0 spiro atoms. The van der Waals surface area contributed by atoms with Crippen LogP contribution in [0.1, 0.15) is 30.1 Å². The second-order valence-corrected chi connectivity index (χ2v) is 9.06. The van der Waals surface area contributed by atoms with E-state index < -0.39 is 10.0 Å². The Hall–Kier alpha value is -2.38. The van der Waals surface area contributed by atoms with Crippen LogP contribution >= 0.6 is 0 Å². The molecule has 2 bridgehead atoms. The quantitative estimate of drug-likeness (QED) is 0.809. The monoisotopic (exact) mass is 400 g/mol. The topological polar surface area (TPSA) is 75.7 Å². The number of likely N-dealkylation sites (tertiary alicyclic amines) is 1. The maximum absolute atomic E-state index is 12.9. The Bertz CT molecular complexity index is 944. The number of hydrogen-bond acceptors (Lipinski definition) is 4. The minimum absolute atomic E-state index is 0.0000787. The van der Waals surface area contributed by atoms with E-state index in [1.165, 1.54) is 0 Å². The Balaban J connectivity index is 1.40. The van der Waals surface area contributed by atoms with Gasteiger partial charge in [0.2, 0.25) is 10.0 Å². The summed E-state index contributed by atoms with van der Waals surface area (Å²) in [5, 5.41) is 0. The Morgan fingerprint density at radius 1 is 1.11 bits per heavy atom. The third-order valence-corrected chi connectivity index (χ3v) is 7.08. The van der Waals surface area contributed by atoms with Crippen molar-refractivity contribution in [2.75, 3.05) is 13.2 Å². The standard InChI is InChI=1S/C21H24N2O4S/c1-2-27-18-10-8-15(9-11-18)21(24)23-14-16-12-17(23)13-20(16)22-28(25,26)19-6-4-3-5-7-19/h3-11,16-17,20,22H,2,12-14H2,1H3. The zero-order chi connectivity index (χ0) is 19.7. The van der Waals surface area contributed by atoms with Crippen molar-refractivity contribution in [2.24, 2.45) is 5.92 Å². The smallest absolute Gasteiger partial charge is 0.254 e. The average Bonchev–Trinajstić information content (AvgIpc) is 3.29. The van der Waals surface area contributed by atoms with Crippen molar-refractivity contribution in [1.82, 2.24) is 9.62 Å². The van der Waals surface area contributed by atoms with Gasteiger partial charge in [-0.15, -0.1) is 0 Å². The fourth-order valence-electron chi connectivity index (χ4n) is 4.24. The molecule has 6 nitrogen and oxygen atoms in total.